The summed E-state index contributed by atoms with van der Waals surface area (Å²) in [7, 11) is 0. The zero-order chi connectivity index (χ0) is 18.8. The van der Waals surface area contributed by atoms with E-state index in [1.165, 1.54) is 0 Å². The van der Waals surface area contributed by atoms with Crippen LogP contribution in [-0.2, 0) is 51.7 Å². The van der Waals surface area contributed by atoms with E-state index in [1.54, 1.807) is 0 Å². The molecule has 6 fully saturated rings. The fourth-order valence-electron chi connectivity index (χ4n) is 3.86. The van der Waals surface area contributed by atoms with E-state index in [1.807, 2.05) is 0 Å². The molecule has 10 heteroatoms. The number of aliphatic hydroxyl groups excluding tert-OH is 5. The summed E-state index contributed by atoms with van der Waals surface area (Å²) >= 11 is 0. The Morgan fingerprint density at radius 2 is 1.52 bits per heavy atom. The molecule has 9 nitrogen and oxygen atoms in total. The third-order valence-electron chi connectivity index (χ3n) is 5.43. The molecule has 4 unspecified atom stereocenters. The van der Waals surface area contributed by atoms with Gasteiger partial charge in [0.2, 0.25) is 0 Å². The van der Waals surface area contributed by atoms with Crippen LogP contribution >= 0.6 is 0 Å². The standard InChI is InChI=1S/C17H29O9.Y/c1-8-15-12(20)14(22)16(24-8)23-6-4-2-3-5-9-10(7-18)25-17(26-15)13(21)11(9)19;/h8-22H,1-7H2;/q-1;/t8?,9?,10?,11-,12+,13+,14+,15?,16+,17-;/m1./s1. The van der Waals surface area contributed by atoms with E-state index in [2.05, 4.69) is 6.92 Å². The summed E-state index contributed by atoms with van der Waals surface area (Å²) in [6, 6.07) is 0. The van der Waals surface area contributed by atoms with Crippen LogP contribution in [0.25, 0.3) is 0 Å². The Bertz CT molecular complexity index is 454. The zero-order valence-electron chi connectivity index (χ0n) is 15.2. The summed E-state index contributed by atoms with van der Waals surface area (Å²) in [6.45, 7) is 3.78. The van der Waals surface area contributed by atoms with Crippen molar-refractivity contribution in [2.24, 2.45) is 5.92 Å². The summed E-state index contributed by atoms with van der Waals surface area (Å²) in [6.07, 6.45) is -7.42. The molecule has 0 spiro atoms. The van der Waals surface area contributed by atoms with Gasteiger partial charge in [-0.2, -0.15) is 0 Å². The van der Waals surface area contributed by atoms with Crippen molar-refractivity contribution in [3.8, 4) is 0 Å². The second-order valence-corrected chi connectivity index (χ2v) is 7.22. The van der Waals surface area contributed by atoms with E-state index in [4.69, 9.17) is 18.9 Å². The van der Waals surface area contributed by atoms with Gasteiger partial charge in [-0.3, -0.25) is 0 Å². The molecule has 0 aromatic rings. The summed E-state index contributed by atoms with van der Waals surface area (Å²) in [5.41, 5.74) is 0. The van der Waals surface area contributed by atoms with E-state index in [0.29, 0.717) is 19.4 Å². The van der Waals surface area contributed by atoms with Gasteiger partial charge in [-0.1, -0.05) is 12.8 Å². The van der Waals surface area contributed by atoms with E-state index in [0.717, 1.165) is 12.8 Å². The van der Waals surface area contributed by atoms with E-state index < -0.39 is 61.2 Å². The van der Waals surface area contributed by atoms with Crippen LogP contribution in [0.5, 0.6) is 0 Å². The fraction of sp³-hybridized carbons (Fsp3) is 0.941. The number of hydrogen-bond donors (Lipinski definition) is 5. The molecule has 6 aliphatic rings. The van der Waals surface area contributed by atoms with Crippen LogP contribution in [0.4, 0.5) is 0 Å². The van der Waals surface area contributed by atoms with Crippen molar-refractivity contribution in [3.05, 3.63) is 6.92 Å². The Morgan fingerprint density at radius 1 is 0.815 bits per heavy atom. The molecule has 0 aliphatic carbocycles. The molecule has 6 saturated heterocycles. The van der Waals surface area contributed by atoms with Crippen molar-refractivity contribution in [2.45, 2.75) is 81.0 Å². The van der Waals surface area contributed by atoms with Gasteiger partial charge in [-0.05, 0) is 18.9 Å². The maximum atomic E-state index is 10.5. The number of ether oxygens (including phenoxy) is 4. The third kappa shape index (κ3) is 5.27. The maximum absolute atomic E-state index is 10.5. The van der Waals surface area contributed by atoms with E-state index in [-0.39, 0.29) is 39.3 Å². The first-order valence-electron chi connectivity index (χ1n) is 9.18. The molecule has 27 heavy (non-hydrogen) atoms. The molecular formula is C17H29O9Y-. The topological polar surface area (TPSA) is 138 Å². The average Bonchev–Trinajstić information content (AvgIpc) is 2.63. The van der Waals surface area contributed by atoms with Crippen molar-refractivity contribution in [3.63, 3.8) is 0 Å². The molecule has 1 radical (unpaired) electrons. The minimum Gasteiger partial charge on any atom is -0.394 e. The van der Waals surface area contributed by atoms with Gasteiger partial charge in [0.15, 0.2) is 12.6 Å². The summed E-state index contributed by atoms with van der Waals surface area (Å²) < 4.78 is 22.3. The molecule has 155 valence electrons. The molecule has 4 bridgehead atoms. The molecule has 0 aromatic carbocycles. The largest absolute Gasteiger partial charge is 0.394 e. The molecule has 6 aliphatic heterocycles. The van der Waals surface area contributed by atoms with Crippen molar-refractivity contribution < 1.29 is 77.2 Å². The van der Waals surface area contributed by atoms with Gasteiger partial charge in [0.25, 0.3) is 0 Å². The molecule has 10 atom stereocenters. The fourth-order valence-corrected chi connectivity index (χ4v) is 3.86. The van der Waals surface area contributed by atoms with Crippen LogP contribution in [0.1, 0.15) is 25.7 Å². The van der Waals surface area contributed by atoms with Crippen LogP contribution < -0.4 is 0 Å². The molecule has 0 aromatic heterocycles. The van der Waals surface area contributed by atoms with Crippen LogP contribution in [0.15, 0.2) is 0 Å². The van der Waals surface area contributed by atoms with Crippen molar-refractivity contribution >= 4 is 0 Å². The SMILES string of the molecule is [CH2-]C1O[C@@H]2OCCCCCC3C(CO)O[C@H](OC1[C@@H](O)[C@@H]2O)[C@@H](O)[C@@H]3O.[Y]. The van der Waals surface area contributed by atoms with Crippen molar-refractivity contribution in [1.82, 2.24) is 0 Å². The maximum Gasteiger partial charge on any atom is 0.186 e. The quantitative estimate of drug-likeness (QED) is 0.286. The first kappa shape index (κ1) is 24.0. The number of rotatable bonds is 1. The van der Waals surface area contributed by atoms with Gasteiger partial charge in [0.05, 0.1) is 24.9 Å². The number of aliphatic hydroxyl groups is 5. The molecule has 5 N–H and O–H groups in total. The van der Waals surface area contributed by atoms with Crippen LogP contribution in [0.2, 0.25) is 0 Å². The summed E-state index contributed by atoms with van der Waals surface area (Å²) in [4.78, 5) is 0. The third-order valence-corrected chi connectivity index (χ3v) is 5.43. The molecule has 6 rings (SSSR count). The summed E-state index contributed by atoms with van der Waals surface area (Å²) in [5.74, 6) is -0.431. The van der Waals surface area contributed by atoms with Gasteiger partial charge < -0.3 is 51.4 Å². The van der Waals surface area contributed by atoms with Crippen LogP contribution in [0.3, 0.4) is 0 Å². The minimum absolute atomic E-state index is 0. The van der Waals surface area contributed by atoms with Crippen molar-refractivity contribution in [2.75, 3.05) is 13.2 Å². The average molecular weight is 466 g/mol. The van der Waals surface area contributed by atoms with Gasteiger partial charge in [-0.25, -0.2) is 0 Å². The second-order valence-electron chi connectivity index (χ2n) is 7.22. The predicted octanol–water partition coefficient (Wildman–Crippen LogP) is -1.70. The zero-order valence-corrected chi connectivity index (χ0v) is 18.0. The number of hydrogen-bond acceptors (Lipinski definition) is 9. The van der Waals surface area contributed by atoms with E-state index >= 15 is 0 Å². The Kier molecular flexibility index (Phi) is 9.50. The molecule has 6 heterocycles. The Hall–Kier alpha value is 0.744. The molecule has 0 amide bonds. The van der Waals surface area contributed by atoms with Gasteiger partial charge in [0, 0.05) is 45.2 Å². The summed E-state index contributed by atoms with van der Waals surface area (Å²) in [5, 5.41) is 51.1. The second kappa shape index (κ2) is 10.7. The van der Waals surface area contributed by atoms with Gasteiger partial charge in [-0.15, -0.1) is 0 Å². The van der Waals surface area contributed by atoms with Crippen molar-refractivity contribution in [1.29, 1.82) is 0 Å². The molecule has 0 saturated carbocycles. The van der Waals surface area contributed by atoms with Gasteiger partial charge in [0.1, 0.15) is 18.3 Å². The molecular weight excluding hydrogens is 437 g/mol. The normalized spacial score (nSPS) is 49.1. The van der Waals surface area contributed by atoms with Gasteiger partial charge >= 0.3 is 0 Å². The minimum atomic E-state index is -1.38. The Morgan fingerprint density at radius 3 is 2.22 bits per heavy atom. The first-order chi connectivity index (χ1) is 12.4. The predicted molar refractivity (Wildman–Crippen MR) is 86.6 cm³/mol. The first-order valence-corrected chi connectivity index (χ1v) is 9.18. The Balaban J connectivity index is 0.00000261. The smallest absolute Gasteiger partial charge is 0.186 e. The van der Waals surface area contributed by atoms with E-state index in [9.17, 15) is 25.5 Å². The van der Waals surface area contributed by atoms with Crippen LogP contribution in [-0.4, -0.2) is 94.1 Å². The Labute approximate surface area is 183 Å². The monoisotopic (exact) mass is 466 g/mol. The van der Waals surface area contributed by atoms with Crippen LogP contribution in [0, 0.1) is 12.8 Å².